The Morgan fingerprint density at radius 1 is 1.63 bits per heavy atom. The van der Waals surface area contributed by atoms with Crippen molar-refractivity contribution in [3.05, 3.63) is 17.7 Å². The van der Waals surface area contributed by atoms with Crippen LogP contribution in [0.4, 0.5) is 11.4 Å². The number of amidine groups is 1. The van der Waals surface area contributed by atoms with Crippen molar-refractivity contribution in [3.8, 4) is 11.9 Å². The van der Waals surface area contributed by atoms with E-state index in [1.165, 1.54) is 11.8 Å². The molecule has 0 atom stereocenters. The number of hydrogen-bond acceptors (Lipinski definition) is 5. The summed E-state index contributed by atoms with van der Waals surface area (Å²) in [6, 6.07) is 3.56. The normalized spacial score (nSPS) is 13.9. The second-order valence-electron chi connectivity index (χ2n) is 3.83. The van der Waals surface area contributed by atoms with Gasteiger partial charge in [-0.2, -0.15) is 5.26 Å². The molecule has 2 N–H and O–H groups in total. The molecular weight excluding hydrogens is 264 g/mol. The van der Waals surface area contributed by atoms with Crippen LogP contribution >= 0.6 is 11.8 Å². The van der Waals surface area contributed by atoms with E-state index in [-0.39, 0.29) is 12.5 Å². The summed E-state index contributed by atoms with van der Waals surface area (Å²) in [4.78, 5) is 15.6. The fraction of sp³-hybridized carbons (Fsp3) is 0.250. The molecule has 0 aliphatic carbocycles. The van der Waals surface area contributed by atoms with Crippen LogP contribution in [0.5, 0.6) is 5.75 Å². The number of anilines is 1. The number of aliphatic imine (C=N–C) groups is 1. The van der Waals surface area contributed by atoms with Gasteiger partial charge < -0.3 is 10.1 Å². The molecule has 0 aromatic heterocycles. The third-order valence-electron chi connectivity index (χ3n) is 2.47. The lowest BCUT2D eigenvalue weighted by molar-refractivity contribution is -0.118. The predicted octanol–water partition coefficient (Wildman–Crippen LogP) is 1.75. The van der Waals surface area contributed by atoms with Crippen LogP contribution in [-0.2, 0) is 4.79 Å². The number of thioether (sulfide) groups is 1. The fourth-order valence-corrected chi connectivity index (χ4v) is 2.06. The average Bonchev–Trinajstić information content (AvgIpc) is 2.37. The Morgan fingerprint density at radius 2 is 2.42 bits per heavy atom. The third kappa shape index (κ3) is 2.98. The van der Waals surface area contributed by atoms with Gasteiger partial charge in [0.25, 0.3) is 5.91 Å². The van der Waals surface area contributed by atoms with Gasteiger partial charge in [-0.25, -0.2) is 4.99 Å². The van der Waals surface area contributed by atoms with Crippen molar-refractivity contribution in [2.75, 3.05) is 18.2 Å². The van der Waals surface area contributed by atoms with Gasteiger partial charge >= 0.3 is 0 Å². The summed E-state index contributed by atoms with van der Waals surface area (Å²) < 4.78 is 5.37. The summed E-state index contributed by atoms with van der Waals surface area (Å²) in [7, 11) is 0. The topological polar surface area (TPSA) is 86.5 Å². The van der Waals surface area contributed by atoms with Gasteiger partial charge in [-0.15, -0.1) is 0 Å². The number of ether oxygens (including phenoxy) is 1. The van der Waals surface area contributed by atoms with Gasteiger partial charge in [-0.1, -0.05) is 11.8 Å². The summed E-state index contributed by atoms with van der Waals surface area (Å²) in [6.07, 6.45) is 3.65. The molecule has 98 valence electrons. The predicted molar refractivity (Wildman–Crippen MR) is 74.7 cm³/mol. The van der Waals surface area contributed by atoms with Crippen LogP contribution in [0, 0.1) is 18.4 Å². The maximum atomic E-state index is 11.3. The molecule has 0 fully saturated rings. The molecule has 2 rings (SSSR count). The lowest BCUT2D eigenvalue weighted by Gasteiger charge is -2.20. The molecule has 1 heterocycles. The zero-order chi connectivity index (χ0) is 13.8. The molecule has 1 aliphatic heterocycles. The quantitative estimate of drug-likeness (QED) is 0.353. The smallest absolute Gasteiger partial charge is 0.262 e. The molecule has 1 aliphatic rings. The Balaban J connectivity index is 2.39. The second kappa shape index (κ2) is 5.63. The third-order valence-corrected chi connectivity index (χ3v) is 3.05. The number of amides is 1. The van der Waals surface area contributed by atoms with Crippen LogP contribution in [0.2, 0.25) is 0 Å². The van der Waals surface area contributed by atoms with Gasteiger partial charge in [0.2, 0.25) is 0 Å². The molecule has 1 aromatic carbocycles. The Bertz CT molecular complexity index is 592. The van der Waals surface area contributed by atoms with Gasteiger partial charge in [0.15, 0.2) is 18.0 Å². The van der Waals surface area contributed by atoms with Crippen LogP contribution in [0.1, 0.15) is 5.56 Å². The van der Waals surface area contributed by atoms with Crippen molar-refractivity contribution >= 4 is 34.2 Å². The van der Waals surface area contributed by atoms with E-state index in [2.05, 4.69) is 15.6 Å². The van der Waals surface area contributed by atoms with Crippen LogP contribution < -0.4 is 15.4 Å². The van der Waals surface area contributed by atoms with Gasteiger partial charge in [-0.05, 0) is 30.9 Å². The van der Waals surface area contributed by atoms with Gasteiger partial charge in [0, 0.05) is 0 Å². The largest absolute Gasteiger partial charge is 0.481 e. The number of carbonyl (C=O) groups is 1. The Hall–Kier alpha value is -2.20. The van der Waals surface area contributed by atoms with Crippen molar-refractivity contribution in [3.63, 3.8) is 0 Å². The first-order valence-corrected chi connectivity index (χ1v) is 6.71. The SMILES string of the molecule is CSC(=Nc1cc(C)c2c(c1)NC(=O)CO2)NC#N. The molecule has 6 nitrogen and oxygen atoms in total. The van der Waals surface area contributed by atoms with Gasteiger partial charge in [0.05, 0.1) is 11.4 Å². The minimum absolute atomic E-state index is 0.0303. The highest BCUT2D eigenvalue weighted by molar-refractivity contribution is 8.13. The number of rotatable bonds is 1. The zero-order valence-electron chi connectivity index (χ0n) is 10.5. The fourth-order valence-electron chi connectivity index (χ4n) is 1.72. The maximum absolute atomic E-state index is 11.3. The standard InChI is InChI=1S/C12H12N4O2S/c1-7-3-8(15-12(19-2)14-6-13)4-9-11(7)18-5-10(17)16-9/h3-4H,5H2,1-2H3,(H,14,15)(H,16,17). The highest BCUT2D eigenvalue weighted by Crippen LogP contribution is 2.35. The summed E-state index contributed by atoms with van der Waals surface area (Å²) >= 11 is 1.33. The van der Waals surface area contributed by atoms with Crippen LogP contribution in [0.3, 0.4) is 0 Å². The molecule has 0 unspecified atom stereocenters. The van der Waals surface area contributed by atoms with Crippen molar-refractivity contribution < 1.29 is 9.53 Å². The molecule has 7 heteroatoms. The minimum Gasteiger partial charge on any atom is -0.481 e. The Kier molecular flexibility index (Phi) is 3.92. The van der Waals surface area contributed by atoms with Crippen LogP contribution in [0.15, 0.2) is 17.1 Å². The first-order chi connectivity index (χ1) is 9.13. The Labute approximate surface area is 114 Å². The van der Waals surface area contributed by atoms with Gasteiger partial charge in [0.1, 0.15) is 5.75 Å². The zero-order valence-corrected chi connectivity index (χ0v) is 11.3. The molecule has 1 aromatic rings. The van der Waals surface area contributed by atoms with E-state index < -0.39 is 0 Å². The van der Waals surface area contributed by atoms with Crippen LogP contribution in [0.25, 0.3) is 0 Å². The first-order valence-electron chi connectivity index (χ1n) is 5.49. The highest BCUT2D eigenvalue weighted by atomic mass is 32.2. The van der Waals surface area contributed by atoms with E-state index in [1.54, 1.807) is 6.07 Å². The summed E-state index contributed by atoms with van der Waals surface area (Å²) in [5.74, 6) is 0.478. The second-order valence-corrected chi connectivity index (χ2v) is 4.63. The van der Waals surface area contributed by atoms with Gasteiger partial charge in [-0.3, -0.25) is 10.1 Å². The number of aryl methyl sites for hydroxylation is 1. The molecule has 19 heavy (non-hydrogen) atoms. The van der Waals surface area contributed by atoms with Crippen LogP contribution in [-0.4, -0.2) is 23.9 Å². The lowest BCUT2D eigenvalue weighted by atomic mass is 10.1. The monoisotopic (exact) mass is 276 g/mol. The number of benzene rings is 1. The molecule has 0 spiro atoms. The highest BCUT2D eigenvalue weighted by Gasteiger charge is 2.18. The number of hydrogen-bond donors (Lipinski definition) is 2. The van der Waals surface area contributed by atoms with E-state index in [4.69, 9.17) is 10.00 Å². The molecule has 0 saturated carbocycles. The maximum Gasteiger partial charge on any atom is 0.262 e. The van der Waals surface area contributed by atoms with E-state index in [0.29, 0.717) is 22.3 Å². The van der Waals surface area contributed by atoms with Crippen molar-refractivity contribution in [2.24, 2.45) is 4.99 Å². The molecule has 0 saturated heterocycles. The minimum atomic E-state index is -0.187. The van der Waals surface area contributed by atoms with Crippen molar-refractivity contribution in [2.45, 2.75) is 6.92 Å². The number of nitrogens with zero attached hydrogens (tertiary/aromatic N) is 2. The summed E-state index contributed by atoms with van der Waals surface area (Å²) in [5.41, 5.74) is 2.13. The van der Waals surface area contributed by atoms with E-state index >= 15 is 0 Å². The molecule has 1 amide bonds. The number of fused-ring (bicyclic) bond motifs is 1. The lowest BCUT2D eigenvalue weighted by Crippen LogP contribution is -2.25. The molecular formula is C12H12N4O2S. The molecule has 0 bridgehead atoms. The number of nitrogens with one attached hydrogen (secondary N) is 2. The Morgan fingerprint density at radius 3 is 3.11 bits per heavy atom. The van der Waals surface area contributed by atoms with Crippen molar-refractivity contribution in [1.82, 2.24) is 5.32 Å². The van der Waals surface area contributed by atoms with E-state index in [1.807, 2.05) is 25.4 Å². The molecule has 0 radical (unpaired) electrons. The average molecular weight is 276 g/mol. The summed E-state index contributed by atoms with van der Waals surface area (Å²) in [5, 5.41) is 14.3. The first kappa shape index (κ1) is 13.2. The van der Waals surface area contributed by atoms with Crippen molar-refractivity contribution in [1.29, 1.82) is 5.26 Å². The number of nitriles is 1. The summed E-state index contributed by atoms with van der Waals surface area (Å²) in [6.45, 7) is 1.91. The van der Waals surface area contributed by atoms with E-state index in [0.717, 1.165) is 5.56 Å². The van der Waals surface area contributed by atoms with E-state index in [9.17, 15) is 4.79 Å². The number of carbonyl (C=O) groups excluding carboxylic acids is 1.